The molecule has 0 spiro atoms. The van der Waals surface area contributed by atoms with Crippen molar-refractivity contribution in [3.63, 3.8) is 0 Å². The van der Waals surface area contributed by atoms with Crippen molar-refractivity contribution in [2.24, 2.45) is 11.7 Å². The van der Waals surface area contributed by atoms with E-state index >= 15 is 0 Å². The molecule has 0 aliphatic carbocycles. The topological polar surface area (TPSA) is 92.1 Å². The first-order valence-corrected chi connectivity index (χ1v) is 6.67. The van der Waals surface area contributed by atoms with Gasteiger partial charge in [0.15, 0.2) is 0 Å². The number of aromatic amines is 1. The molecule has 1 fully saturated rings. The number of likely N-dealkylation sites (tertiary alicyclic amines) is 1. The van der Waals surface area contributed by atoms with Crippen LogP contribution < -0.4 is 5.73 Å². The van der Waals surface area contributed by atoms with E-state index in [0.29, 0.717) is 31.5 Å². The van der Waals surface area contributed by atoms with Gasteiger partial charge in [0, 0.05) is 24.6 Å². The monoisotopic (exact) mass is 272 g/mol. The van der Waals surface area contributed by atoms with Crippen LogP contribution in [0.5, 0.6) is 0 Å². The highest BCUT2D eigenvalue weighted by Gasteiger charge is 2.26. The second-order valence-corrected chi connectivity index (χ2v) is 5.10. The zero-order chi connectivity index (χ0) is 14.1. The van der Waals surface area contributed by atoms with Crippen molar-refractivity contribution >= 4 is 22.8 Å². The first kappa shape index (κ1) is 12.7. The first-order chi connectivity index (χ1) is 9.65. The van der Waals surface area contributed by atoms with E-state index in [4.69, 9.17) is 5.73 Å². The van der Waals surface area contributed by atoms with E-state index in [1.54, 1.807) is 17.3 Å². The number of rotatable bonds is 2. The number of carbonyl (C=O) groups is 2. The number of nitrogens with two attached hydrogens (primary N) is 1. The molecule has 2 amide bonds. The highest BCUT2D eigenvalue weighted by atomic mass is 16.2. The van der Waals surface area contributed by atoms with Crippen LogP contribution in [0.4, 0.5) is 0 Å². The number of nitrogens with one attached hydrogen (secondary N) is 1. The number of H-pyrrole nitrogens is 1. The zero-order valence-corrected chi connectivity index (χ0v) is 11.0. The number of benzene rings is 1. The Balaban J connectivity index is 1.74. The molecule has 0 radical (unpaired) electrons. The molecule has 6 nitrogen and oxygen atoms in total. The van der Waals surface area contributed by atoms with Crippen LogP contribution in [0.2, 0.25) is 0 Å². The molecule has 104 valence electrons. The lowest BCUT2D eigenvalue weighted by atomic mass is 9.96. The number of nitrogens with zero attached hydrogens (tertiary/aromatic N) is 2. The number of primary amides is 1. The van der Waals surface area contributed by atoms with Gasteiger partial charge in [0.25, 0.3) is 5.91 Å². The molecule has 1 saturated heterocycles. The maximum atomic E-state index is 12.4. The molecule has 3 rings (SSSR count). The van der Waals surface area contributed by atoms with Crippen molar-refractivity contribution in [3.8, 4) is 0 Å². The van der Waals surface area contributed by atoms with E-state index in [9.17, 15) is 9.59 Å². The minimum atomic E-state index is -0.268. The quantitative estimate of drug-likeness (QED) is 0.850. The Kier molecular flexibility index (Phi) is 3.14. The van der Waals surface area contributed by atoms with Crippen molar-refractivity contribution in [2.45, 2.75) is 12.8 Å². The average molecular weight is 272 g/mol. The molecule has 1 aliphatic rings. The molecule has 20 heavy (non-hydrogen) atoms. The second-order valence-electron chi connectivity index (χ2n) is 5.10. The number of amides is 2. The summed E-state index contributed by atoms with van der Waals surface area (Å²) in [6, 6.07) is 5.42. The number of imidazole rings is 1. The lowest BCUT2D eigenvalue weighted by Crippen LogP contribution is -2.41. The number of carbonyl (C=O) groups excluding carboxylic acids is 2. The maximum Gasteiger partial charge on any atom is 0.253 e. The van der Waals surface area contributed by atoms with Crippen LogP contribution >= 0.6 is 0 Å². The van der Waals surface area contributed by atoms with Crippen LogP contribution in [-0.2, 0) is 4.79 Å². The molecule has 0 saturated carbocycles. The summed E-state index contributed by atoms with van der Waals surface area (Å²) in [5.41, 5.74) is 7.63. The fourth-order valence-corrected chi connectivity index (χ4v) is 2.62. The molecule has 0 unspecified atom stereocenters. The Labute approximate surface area is 116 Å². The highest BCUT2D eigenvalue weighted by molar-refractivity contribution is 5.97. The van der Waals surface area contributed by atoms with Gasteiger partial charge < -0.3 is 15.6 Å². The standard InChI is InChI=1S/C14H16N4O2/c15-13(19)9-3-5-18(6-4-9)14(20)10-1-2-11-12(7-10)17-8-16-11/h1-2,7-9H,3-6H2,(H2,15,19)(H,16,17). The van der Waals surface area contributed by atoms with Gasteiger partial charge in [-0.2, -0.15) is 0 Å². The van der Waals surface area contributed by atoms with Crippen molar-refractivity contribution < 1.29 is 9.59 Å². The molecular formula is C14H16N4O2. The number of hydrogen-bond acceptors (Lipinski definition) is 3. The summed E-state index contributed by atoms with van der Waals surface area (Å²) in [5.74, 6) is -0.380. The highest BCUT2D eigenvalue weighted by Crippen LogP contribution is 2.20. The fraction of sp³-hybridized carbons (Fsp3) is 0.357. The van der Waals surface area contributed by atoms with Crippen molar-refractivity contribution in [3.05, 3.63) is 30.1 Å². The van der Waals surface area contributed by atoms with Gasteiger partial charge in [-0.1, -0.05) is 0 Å². The van der Waals surface area contributed by atoms with E-state index in [0.717, 1.165) is 11.0 Å². The Morgan fingerprint density at radius 2 is 2.05 bits per heavy atom. The molecule has 1 aliphatic heterocycles. The third kappa shape index (κ3) is 2.24. The van der Waals surface area contributed by atoms with E-state index in [-0.39, 0.29) is 17.7 Å². The molecule has 0 atom stereocenters. The predicted molar refractivity (Wildman–Crippen MR) is 73.9 cm³/mol. The fourth-order valence-electron chi connectivity index (χ4n) is 2.62. The summed E-state index contributed by atoms with van der Waals surface area (Å²) < 4.78 is 0. The normalized spacial score (nSPS) is 16.5. The van der Waals surface area contributed by atoms with Gasteiger partial charge in [0.05, 0.1) is 17.4 Å². The Hall–Kier alpha value is -2.37. The van der Waals surface area contributed by atoms with Gasteiger partial charge in [0.1, 0.15) is 0 Å². The van der Waals surface area contributed by atoms with E-state index < -0.39 is 0 Å². The van der Waals surface area contributed by atoms with Crippen molar-refractivity contribution in [1.82, 2.24) is 14.9 Å². The third-order valence-corrected chi connectivity index (χ3v) is 3.85. The second kappa shape index (κ2) is 4.96. The zero-order valence-electron chi connectivity index (χ0n) is 11.0. The van der Waals surface area contributed by atoms with Crippen LogP contribution in [-0.4, -0.2) is 39.8 Å². The summed E-state index contributed by atoms with van der Waals surface area (Å²) in [4.78, 5) is 32.4. The van der Waals surface area contributed by atoms with E-state index in [1.165, 1.54) is 0 Å². The lowest BCUT2D eigenvalue weighted by molar-refractivity contribution is -0.123. The first-order valence-electron chi connectivity index (χ1n) is 6.67. The van der Waals surface area contributed by atoms with Gasteiger partial charge in [-0.25, -0.2) is 4.98 Å². The lowest BCUT2D eigenvalue weighted by Gasteiger charge is -2.30. The SMILES string of the molecule is NC(=O)C1CCN(C(=O)c2ccc3nc[nH]c3c2)CC1. The minimum absolute atomic E-state index is 0.00980. The van der Waals surface area contributed by atoms with E-state index in [1.807, 2.05) is 12.1 Å². The van der Waals surface area contributed by atoms with Crippen LogP contribution in [0.25, 0.3) is 11.0 Å². The van der Waals surface area contributed by atoms with Gasteiger partial charge >= 0.3 is 0 Å². The Bertz CT molecular complexity index is 656. The van der Waals surface area contributed by atoms with Gasteiger partial charge in [-0.15, -0.1) is 0 Å². The van der Waals surface area contributed by atoms with Crippen molar-refractivity contribution in [2.75, 3.05) is 13.1 Å². The number of hydrogen-bond donors (Lipinski definition) is 2. The molecule has 0 bridgehead atoms. The van der Waals surface area contributed by atoms with Gasteiger partial charge in [0.2, 0.25) is 5.91 Å². The molecule has 6 heteroatoms. The largest absolute Gasteiger partial charge is 0.369 e. The summed E-state index contributed by atoms with van der Waals surface area (Å²) in [5, 5.41) is 0. The van der Waals surface area contributed by atoms with Crippen LogP contribution in [0, 0.1) is 5.92 Å². The Morgan fingerprint density at radius 1 is 1.30 bits per heavy atom. The van der Waals surface area contributed by atoms with Crippen LogP contribution in [0.3, 0.4) is 0 Å². The van der Waals surface area contributed by atoms with Crippen molar-refractivity contribution in [1.29, 1.82) is 0 Å². The number of fused-ring (bicyclic) bond motifs is 1. The molecule has 2 aromatic rings. The van der Waals surface area contributed by atoms with Gasteiger partial charge in [-0.05, 0) is 31.0 Å². The molecular weight excluding hydrogens is 256 g/mol. The molecule has 3 N–H and O–H groups in total. The summed E-state index contributed by atoms with van der Waals surface area (Å²) in [6.45, 7) is 1.15. The maximum absolute atomic E-state index is 12.4. The smallest absolute Gasteiger partial charge is 0.253 e. The van der Waals surface area contributed by atoms with Crippen LogP contribution in [0.1, 0.15) is 23.2 Å². The van der Waals surface area contributed by atoms with Crippen LogP contribution in [0.15, 0.2) is 24.5 Å². The minimum Gasteiger partial charge on any atom is -0.369 e. The third-order valence-electron chi connectivity index (χ3n) is 3.85. The number of aromatic nitrogens is 2. The molecule has 2 heterocycles. The summed E-state index contributed by atoms with van der Waals surface area (Å²) in [7, 11) is 0. The molecule has 1 aromatic heterocycles. The average Bonchev–Trinajstić information content (AvgIpc) is 2.94. The van der Waals surface area contributed by atoms with Gasteiger partial charge in [-0.3, -0.25) is 9.59 Å². The van der Waals surface area contributed by atoms with E-state index in [2.05, 4.69) is 9.97 Å². The summed E-state index contributed by atoms with van der Waals surface area (Å²) in [6.07, 6.45) is 2.90. The Morgan fingerprint density at radius 3 is 2.75 bits per heavy atom. The predicted octanol–water partition coefficient (Wildman–Crippen LogP) is 0.900. The summed E-state index contributed by atoms with van der Waals surface area (Å²) >= 11 is 0. The number of piperidine rings is 1. The molecule has 1 aromatic carbocycles.